The number of nitrogens with one attached hydrogen (secondary N) is 2. The second-order valence-electron chi connectivity index (χ2n) is 7.92. The predicted octanol–water partition coefficient (Wildman–Crippen LogP) is 2.69. The van der Waals surface area contributed by atoms with Gasteiger partial charge in [0.05, 0.1) is 0 Å². The van der Waals surface area contributed by atoms with Crippen molar-refractivity contribution in [2.45, 2.75) is 33.2 Å². The molecular weight excluding hydrogens is 340 g/mol. The van der Waals surface area contributed by atoms with Gasteiger partial charge in [-0.1, -0.05) is 32.9 Å². The number of amides is 2. The van der Waals surface area contributed by atoms with Crippen LogP contribution in [0.15, 0.2) is 48.8 Å². The summed E-state index contributed by atoms with van der Waals surface area (Å²) in [6.45, 7) is 7.01. The van der Waals surface area contributed by atoms with E-state index in [2.05, 4.69) is 41.4 Å². The first kappa shape index (κ1) is 19.0. The Labute approximate surface area is 159 Å². The normalized spacial score (nSPS) is 23.6. The summed E-state index contributed by atoms with van der Waals surface area (Å²) in [6.07, 6.45) is 4.19. The first-order chi connectivity index (χ1) is 12.9. The highest BCUT2D eigenvalue weighted by Gasteiger charge is 2.46. The Hall–Kier alpha value is -2.76. The highest BCUT2D eigenvalue weighted by molar-refractivity contribution is 5.93. The van der Waals surface area contributed by atoms with Crippen LogP contribution in [0.4, 0.5) is 0 Å². The molecule has 0 aliphatic heterocycles. The lowest BCUT2D eigenvalue weighted by molar-refractivity contribution is 0.0889. The molecule has 0 aromatic carbocycles. The number of pyridine rings is 2. The third-order valence-corrected chi connectivity index (χ3v) is 5.47. The molecule has 142 valence electrons. The van der Waals surface area contributed by atoms with Gasteiger partial charge in [0.15, 0.2) is 0 Å². The molecule has 1 aliphatic rings. The zero-order valence-electron chi connectivity index (χ0n) is 16.0. The topological polar surface area (TPSA) is 84.0 Å². The number of carbonyl (C=O) groups is 2. The van der Waals surface area contributed by atoms with E-state index in [0.717, 1.165) is 6.42 Å². The molecule has 2 aromatic rings. The smallest absolute Gasteiger partial charge is 0.270 e. The van der Waals surface area contributed by atoms with Crippen LogP contribution < -0.4 is 10.6 Å². The van der Waals surface area contributed by atoms with Crippen LogP contribution in [0, 0.1) is 17.3 Å². The molecule has 6 nitrogen and oxygen atoms in total. The van der Waals surface area contributed by atoms with Crippen LogP contribution in [0.3, 0.4) is 0 Å². The molecule has 3 atom stereocenters. The summed E-state index contributed by atoms with van der Waals surface area (Å²) < 4.78 is 0. The molecule has 0 radical (unpaired) electrons. The summed E-state index contributed by atoms with van der Waals surface area (Å²) in [5.74, 6) is 0.0594. The lowest BCUT2D eigenvalue weighted by Crippen LogP contribution is -2.47. The molecule has 1 saturated carbocycles. The van der Waals surface area contributed by atoms with E-state index in [1.165, 1.54) is 0 Å². The first-order valence-electron chi connectivity index (χ1n) is 9.29. The van der Waals surface area contributed by atoms with Gasteiger partial charge in [0, 0.05) is 30.9 Å². The first-order valence-corrected chi connectivity index (χ1v) is 9.29. The molecule has 0 bridgehead atoms. The second-order valence-corrected chi connectivity index (χ2v) is 7.92. The van der Waals surface area contributed by atoms with Gasteiger partial charge in [-0.25, -0.2) is 0 Å². The monoisotopic (exact) mass is 366 g/mol. The third-order valence-electron chi connectivity index (χ3n) is 5.47. The van der Waals surface area contributed by atoms with Crippen molar-refractivity contribution in [1.29, 1.82) is 0 Å². The standard InChI is InChI=1S/C21H26N4O2/c1-14-12-21(2,3)15(13-24-19(26)16-8-4-6-10-22-16)18(14)25-20(27)17-9-5-7-11-23-17/h4-11,14-15,18H,12-13H2,1-3H3,(H,24,26)(H,25,27). The van der Waals surface area contributed by atoms with Gasteiger partial charge in [0.2, 0.25) is 0 Å². The summed E-state index contributed by atoms with van der Waals surface area (Å²) >= 11 is 0. The Morgan fingerprint density at radius 1 is 1.04 bits per heavy atom. The SMILES string of the molecule is CC1CC(C)(C)C(CNC(=O)c2ccccn2)C1NC(=O)c1ccccn1. The summed E-state index contributed by atoms with van der Waals surface area (Å²) in [5, 5.41) is 6.14. The van der Waals surface area contributed by atoms with Gasteiger partial charge in [0.25, 0.3) is 11.8 Å². The van der Waals surface area contributed by atoms with E-state index in [0.29, 0.717) is 23.9 Å². The van der Waals surface area contributed by atoms with Crippen molar-refractivity contribution in [3.63, 3.8) is 0 Å². The molecule has 2 aromatic heterocycles. The van der Waals surface area contributed by atoms with Gasteiger partial charge < -0.3 is 10.6 Å². The molecule has 0 spiro atoms. The fourth-order valence-corrected chi connectivity index (χ4v) is 4.15. The van der Waals surface area contributed by atoms with Gasteiger partial charge >= 0.3 is 0 Å². The van der Waals surface area contributed by atoms with Gasteiger partial charge in [0.1, 0.15) is 11.4 Å². The minimum atomic E-state index is -0.194. The van der Waals surface area contributed by atoms with E-state index in [1.54, 1.807) is 48.8 Å². The average molecular weight is 366 g/mol. The van der Waals surface area contributed by atoms with Crippen LogP contribution >= 0.6 is 0 Å². The molecule has 6 heteroatoms. The van der Waals surface area contributed by atoms with Crippen LogP contribution in [0.5, 0.6) is 0 Å². The molecule has 3 unspecified atom stereocenters. The van der Waals surface area contributed by atoms with Crippen LogP contribution in [-0.4, -0.2) is 34.4 Å². The van der Waals surface area contributed by atoms with E-state index in [9.17, 15) is 9.59 Å². The van der Waals surface area contributed by atoms with Crippen LogP contribution in [0.1, 0.15) is 48.2 Å². The van der Waals surface area contributed by atoms with Crippen molar-refractivity contribution >= 4 is 11.8 Å². The minimum Gasteiger partial charge on any atom is -0.350 e. The number of rotatable bonds is 5. The van der Waals surface area contributed by atoms with Crippen molar-refractivity contribution in [3.05, 3.63) is 60.2 Å². The van der Waals surface area contributed by atoms with Gasteiger partial charge in [-0.15, -0.1) is 0 Å². The molecule has 2 heterocycles. The van der Waals surface area contributed by atoms with Crippen LogP contribution in [-0.2, 0) is 0 Å². The maximum atomic E-state index is 12.6. The van der Waals surface area contributed by atoms with Crippen molar-refractivity contribution in [1.82, 2.24) is 20.6 Å². The van der Waals surface area contributed by atoms with Crippen LogP contribution in [0.25, 0.3) is 0 Å². The number of nitrogens with zero attached hydrogens (tertiary/aromatic N) is 2. The maximum Gasteiger partial charge on any atom is 0.270 e. The lowest BCUT2D eigenvalue weighted by Gasteiger charge is -2.31. The van der Waals surface area contributed by atoms with E-state index in [4.69, 9.17) is 0 Å². The molecule has 3 rings (SSSR count). The van der Waals surface area contributed by atoms with Crippen molar-refractivity contribution < 1.29 is 9.59 Å². The fourth-order valence-electron chi connectivity index (χ4n) is 4.15. The maximum absolute atomic E-state index is 12.6. The summed E-state index contributed by atoms with van der Waals surface area (Å²) in [6, 6.07) is 10.5. The number of hydrogen-bond acceptors (Lipinski definition) is 4. The van der Waals surface area contributed by atoms with E-state index < -0.39 is 0 Å². The summed E-state index contributed by atoms with van der Waals surface area (Å²) in [4.78, 5) is 33.2. The van der Waals surface area contributed by atoms with Crippen molar-refractivity contribution in [2.75, 3.05) is 6.54 Å². The molecular formula is C21H26N4O2. The van der Waals surface area contributed by atoms with Crippen molar-refractivity contribution in [3.8, 4) is 0 Å². The number of carbonyl (C=O) groups excluding carboxylic acids is 2. The fraction of sp³-hybridized carbons (Fsp3) is 0.429. The zero-order valence-corrected chi connectivity index (χ0v) is 16.0. The zero-order chi connectivity index (χ0) is 19.4. The van der Waals surface area contributed by atoms with Crippen LogP contribution in [0.2, 0.25) is 0 Å². The minimum absolute atomic E-state index is 0.00111. The van der Waals surface area contributed by atoms with Gasteiger partial charge in [-0.05, 0) is 42.0 Å². The second kappa shape index (κ2) is 7.86. The Balaban J connectivity index is 1.70. The molecule has 1 fully saturated rings. The van der Waals surface area contributed by atoms with E-state index in [-0.39, 0.29) is 29.2 Å². The van der Waals surface area contributed by atoms with E-state index in [1.807, 2.05) is 0 Å². The lowest BCUT2D eigenvalue weighted by atomic mass is 9.80. The Morgan fingerprint density at radius 3 is 2.19 bits per heavy atom. The van der Waals surface area contributed by atoms with Crippen molar-refractivity contribution in [2.24, 2.45) is 17.3 Å². The highest BCUT2D eigenvalue weighted by Crippen LogP contribution is 2.45. The largest absolute Gasteiger partial charge is 0.350 e. The number of hydrogen-bond donors (Lipinski definition) is 2. The Bertz CT molecular complexity index is 792. The average Bonchev–Trinajstić information content (AvgIpc) is 2.88. The molecule has 27 heavy (non-hydrogen) atoms. The highest BCUT2D eigenvalue weighted by atomic mass is 16.2. The third kappa shape index (κ3) is 4.32. The van der Waals surface area contributed by atoms with Gasteiger partial charge in [-0.3, -0.25) is 19.6 Å². The van der Waals surface area contributed by atoms with Gasteiger partial charge in [-0.2, -0.15) is 0 Å². The molecule has 2 amide bonds. The molecule has 0 saturated heterocycles. The van der Waals surface area contributed by atoms with E-state index >= 15 is 0 Å². The number of aromatic nitrogens is 2. The summed E-state index contributed by atoms with van der Waals surface area (Å²) in [7, 11) is 0. The quantitative estimate of drug-likeness (QED) is 0.852. The Kier molecular flexibility index (Phi) is 5.54. The molecule has 1 aliphatic carbocycles. The Morgan fingerprint density at radius 2 is 1.63 bits per heavy atom. The summed E-state index contributed by atoms with van der Waals surface area (Å²) in [5.41, 5.74) is 0.805. The molecule has 2 N–H and O–H groups in total. The predicted molar refractivity (Wildman–Crippen MR) is 103 cm³/mol.